The van der Waals surface area contributed by atoms with Gasteiger partial charge in [-0.25, -0.2) is 0 Å². The van der Waals surface area contributed by atoms with Crippen molar-refractivity contribution in [1.29, 1.82) is 5.26 Å². The Hall–Kier alpha value is -2.11. The SMILES string of the molecule is CCn1c(N2CCCCC2)c(/C=C2\SC(=S)N(CCC(C)C)C2=O)c(C)c(C#N)c1=O. The van der Waals surface area contributed by atoms with Crippen LogP contribution < -0.4 is 10.5 Å². The Labute approximate surface area is 193 Å². The van der Waals surface area contributed by atoms with E-state index in [-0.39, 0.29) is 17.0 Å². The average Bonchev–Trinajstić information content (AvgIpc) is 3.01. The molecule has 31 heavy (non-hydrogen) atoms. The Kier molecular flexibility index (Phi) is 7.60. The monoisotopic (exact) mass is 458 g/mol. The van der Waals surface area contributed by atoms with Gasteiger partial charge in [-0.2, -0.15) is 5.26 Å². The van der Waals surface area contributed by atoms with Crippen LogP contribution in [0.1, 0.15) is 63.1 Å². The highest BCUT2D eigenvalue weighted by atomic mass is 32.2. The maximum atomic E-state index is 13.1. The van der Waals surface area contributed by atoms with E-state index in [4.69, 9.17) is 12.2 Å². The van der Waals surface area contributed by atoms with Gasteiger partial charge >= 0.3 is 0 Å². The van der Waals surface area contributed by atoms with Crippen LogP contribution in [0.2, 0.25) is 0 Å². The number of hydrogen-bond donors (Lipinski definition) is 0. The van der Waals surface area contributed by atoms with Crippen LogP contribution in [0, 0.1) is 24.2 Å². The molecule has 1 aromatic heterocycles. The van der Waals surface area contributed by atoms with E-state index in [1.54, 1.807) is 16.4 Å². The molecule has 2 aliphatic rings. The maximum absolute atomic E-state index is 13.1. The second-order valence-electron chi connectivity index (χ2n) is 8.46. The molecule has 0 aromatic carbocycles. The van der Waals surface area contributed by atoms with E-state index in [0.29, 0.717) is 33.8 Å². The Bertz CT molecular complexity index is 1010. The summed E-state index contributed by atoms with van der Waals surface area (Å²) in [5, 5.41) is 9.67. The van der Waals surface area contributed by atoms with Crippen LogP contribution in [0.3, 0.4) is 0 Å². The number of piperidine rings is 1. The van der Waals surface area contributed by atoms with Gasteiger partial charge in [-0.15, -0.1) is 0 Å². The highest BCUT2D eigenvalue weighted by Gasteiger charge is 2.33. The van der Waals surface area contributed by atoms with Gasteiger partial charge in [-0.3, -0.25) is 19.1 Å². The molecule has 2 aliphatic heterocycles. The zero-order valence-corrected chi connectivity index (χ0v) is 20.4. The maximum Gasteiger partial charge on any atom is 0.270 e. The van der Waals surface area contributed by atoms with Crippen LogP contribution in [0.25, 0.3) is 6.08 Å². The number of rotatable bonds is 6. The molecule has 2 fully saturated rings. The second-order valence-corrected chi connectivity index (χ2v) is 10.1. The van der Waals surface area contributed by atoms with Crippen molar-refractivity contribution in [1.82, 2.24) is 9.47 Å². The van der Waals surface area contributed by atoms with Crippen LogP contribution in [-0.4, -0.2) is 39.3 Å². The number of hydrogen-bond acceptors (Lipinski definition) is 6. The molecule has 0 radical (unpaired) electrons. The summed E-state index contributed by atoms with van der Waals surface area (Å²) in [4.78, 5) is 30.6. The highest BCUT2D eigenvalue weighted by Crippen LogP contribution is 2.36. The molecule has 0 bridgehead atoms. The van der Waals surface area contributed by atoms with E-state index in [1.807, 2.05) is 13.0 Å². The van der Waals surface area contributed by atoms with E-state index < -0.39 is 0 Å². The zero-order valence-electron chi connectivity index (χ0n) is 18.7. The molecule has 1 aromatic rings. The van der Waals surface area contributed by atoms with Crippen molar-refractivity contribution in [2.75, 3.05) is 24.5 Å². The summed E-state index contributed by atoms with van der Waals surface area (Å²) < 4.78 is 2.25. The molecule has 0 saturated carbocycles. The third kappa shape index (κ3) is 4.73. The zero-order chi connectivity index (χ0) is 22.7. The van der Waals surface area contributed by atoms with Crippen molar-refractivity contribution < 1.29 is 4.79 Å². The molecule has 0 N–H and O–H groups in total. The summed E-state index contributed by atoms with van der Waals surface area (Å²) in [5.41, 5.74) is 1.29. The number of carbonyl (C=O) groups excluding carboxylic acids is 1. The predicted octanol–water partition coefficient (Wildman–Crippen LogP) is 4.29. The van der Waals surface area contributed by atoms with Gasteiger partial charge in [0.2, 0.25) is 0 Å². The van der Waals surface area contributed by atoms with Gasteiger partial charge in [0.15, 0.2) is 0 Å². The van der Waals surface area contributed by atoms with Crippen LogP contribution in [0.15, 0.2) is 9.70 Å². The van der Waals surface area contributed by atoms with Crippen molar-refractivity contribution in [3.63, 3.8) is 0 Å². The van der Waals surface area contributed by atoms with Gasteiger partial charge in [0.25, 0.3) is 11.5 Å². The molecule has 166 valence electrons. The predicted molar refractivity (Wildman–Crippen MR) is 131 cm³/mol. The van der Waals surface area contributed by atoms with E-state index >= 15 is 0 Å². The lowest BCUT2D eigenvalue weighted by Crippen LogP contribution is -2.37. The van der Waals surface area contributed by atoms with Crippen molar-refractivity contribution in [3.05, 3.63) is 31.9 Å². The summed E-state index contributed by atoms with van der Waals surface area (Å²) in [6, 6.07) is 2.09. The number of carbonyl (C=O) groups is 1. The van der Waals surface area contributed by atoms with Crippen molar-refractivity contribution in [2.45, 2.75) is 59.9 Å². The number of nitrogens with zero attached hydrogens (tertiary/aromatic N) is 4. The molecule has 1 amide bonds. The first kappa shape index (κ1) is 23.6. The summed E-state index contributed by atoms with van der Waals surface area (Å²) in [7, 11) is 0. The van der Waals surface area contributed by atoms with Gasteiger partial charge in [0.1, 0.15) is 21.8 Å². The molecule has 0 aliphatic carbocycles. The smallest absolute Gasteiger partial charge is 0.270 e. The molecular formula is C23H30N4O2S2. The molecule has 3 heterocycles. The standard InChI is InChI=1S/C23H30N4O2S2/c1-5-26-20(25-10-7-6-8-11-25)17(16(4)18(14-24)21(26)28)13-19-22(29)27(23(30)31-19)12-9-15(2)3/h13,15H,5-12H2,1-4H3/b19-13-. The van der Waals surface area contributed by atoms with Crippen LogP contribution in [0.5, 0.6) is 0 Å². The first-order valence-corrected chi connectivity index (χ1v) is 12.2. The minimum Gasteiger partial charge on any atom is -0.357 e. The van der Waals surface area contributed by atoms with E-state index in [1.165, 1.54) is 18.2 Å². The fraction of sp³-hybridized carbons (Fsp3) is 0.565. The lowest BCUT2D eigenvalue weighted by Gasteiger charge is -2.33. The lowest BCUT2D eigenvalue weighted by atomic mass is 10.0. The number of amides is 1. The molecule has 0 spiro atoms. The van der Waals surface area contributed by atoms with Gasteiger partial charge < -0.3 is 4.90 Å². The average molecular weight is 459 g/mol. The molecule has 0 unspecified atom stereocenters. The fourth-order valence-electron chi connectivity index (χ4n) is 4.10. The van der Waals surface area contributed by atoms with Gasteiger partial charge in [-0.05, 0) is 57.1 Å². The summed E-state index contributed by atoms with van der Waals surface area (Å²) >= 11 is 6.78. The van der Waals surface area contributed by atoms with Crippen molar-refractivity contribution >= 4 is 46.1 Å². The van der Waals surface area contributed by atoms with Crippen molar-refractivity contribution in [2.24, 2.45) is 5.92 Å². The number of thioether (sulfide) groups is 1. The first-order valence-electron chi connectivity index (χ1n) is 11.0. The third-order valence-corrected chi connectivity index (χ3v) is 7.28. The second kappa shape index (κ2) is 10.0. The molecule has 0 atom stereocenters. The number of thiocarbonyl (C=S) groups is 1. The van der Waals surface area contributed by atoms with Gasteiger partial charge in [0, 0.05) is 31.7 Å². The topological polar surface area (TPSA) is 69.3 Å². The molecule has 3 rings (SSSR count). The Morgan fingerprint density at radius 1 is 1.23 bits per heavy atom. The lowest BCUT2D eigenvalue weighted by molar-refractivity contribution is -0.122. The molecule has 2 saturated heterocycles. The van der Waals surface area contributed by atoms with E-state index in [0.717, 1.165) is 43.7 Å². The van der Waals surface area contributed by atoms with Crippen LogP contribution >= 0.6 is 24.0 Å². The number of aromatic nitrogens is 1. The van der Waals surface area contributed by atoms with Crippen LogP contribution in [-0.2, 0) is 11.3 Å². The van der Waals surface area contributed by atoms with E-state index in [9.17, 15) is 14.9 Å². The molecule has 6 nitrogen and oxygen atoms in total. The fourth-order valence-corrected chi connectivity index (χ4v) is 5.39. The largest absolute Gasteiger partial charge is 0.357 e. The number of nitriles is 1. The highest BCUT2D eigenvalue weighted by molar-refractivity contribution is 8.26. The normalized spacial score (nSPS) is 18.4. The minimum atomic E-state index is -0.260. The van der Waals surface area contributed by atoms with Gasteiger partial charge in [-0.1, -0.05) is 37.8 Å². The van der Waals surface area contributed by atoms with Crippen molar-refractivity contribution in [3.8, 4) is 6.07 Å². The minimum absolute atomic E-state index is 0.0904. The number of anilines is 1. The first-order chi connectivity index (χ1) is 14.8. The number of pyridine rings is 1. The quantitative estimate of drug-likeness (QED) is 0.468. The molecular weight excluding hydrogens is 428 g/mol. The molecule has 8 heteroatoms. The van der Waals surface area contributed by atoms with E-state index in [2.05, 4.69) is 24.8 Å². The van der Waals surface area contributed by atoms with Gasteiger partial charge in [0.05, 0.1) is 4.91 Å². The summed E-state index contributed by atoms with van der Waals surface area (Å²) in [6.45, 7) is 10.8. The summed E-state index contributed by atoms with van der Waals surface area (Å²) in [6.07, 6.45) is 6.03. The Balaban J connectivity index is 2.14. The Morgan fingerprint density at radius 3 is 2.48 bits per heavy atom. The van der Waals surface area contributed by atoms with Crippen LogP contribution in [0.4, 0.5) is 5.82 Å². The Morgan fingerprint density at radius 2 is 1.90 bits per heavy atom. The summed E-state index contributed by atoms with van der Waals surface area (Å²) in [5.74, 6) is 1.21. The third-order valence-electron chi connectivity index (χ3n) is 5.90.